The fourth-order valence-electron chi connectivity index (χ4n) is 2.11. The second-order valence-corrected chi connectivity index (χ2v) is 4.95. The molecule has 0 saturated heterocycles. The second kappa shape index (κ2) is 5.21. The Bertz CT molecular complexity index is 444. The monoisotopic (exact) mass is 270 g/mol. The molecule has 0 bridgehead atoms. The maximum atomic E-state index is 11.7. The summed E-state index contributed by atoms with van der Waals surface area (Å²) in [4.78, 5) is 11.7. The normalized spacial score (nSPS) is 19.3. The van der Waals surface area contributed by atoms with E-state index in [1.807, 2.05) is 36.4 Å². The van der Waals surface area contributed by atoms with Crippen molar-refractivity contribution >= 4 is 34.4 Å². The van der Waals surface area contributed by atoms with Gasteiger partial charge < -0.3 is 0 Å². The number of carbonyl (C=O) groups is 1. The summed E-state index contributed by atoms with van der Waals surface area (Å²) >= 11 is 12.2. The zero-order valence-corrected chi connectivity index (χ0v) is 10.9. The summed E-state index contributed by atoms with van der Waals surface area (Å²) in [6.45, 7) is 0. The summed E-state index contributed by atoms with van der Waals surface area (Å²) in [7, 11) is 0. The van der Waals surface area contributed by atoms with Crippen LogP contribution in [-0.2, 0) is 0 Å². The van der Waals surface area contributed by atoms with E-state index in [4.69, 9.17) is 23.4 Å². The number of hydrogen-bond donors (Lipinski definition) is 0. The third-order valence-electron chi connectivity index (χ3n) is 3.02. The third-order valence-corrected chi connectivity index (χ3v) is 3.92. The zero-order chi connectivity index (χ0) is 12.3. The van der Waals surface area contributed by atoms with Crippen molar-refractivity contribution in [3.05, 3.63) is 42.1 Å². The molecule has 1 aromatic rings. The molecule has 1 aliphatic rings. The van der Waals surface area contributed by atoms with Crippen molar-refractivity contribution in [2.24, 2.45) is 0 Å². The lowest BCUT2D eigenvalue weighted by atomic mass is 10.0. The molecule has 0 spiro atoms. The molecular formula is C13H14Cl2NO+. The molecule has 0 radical (unpaired) electrons. The van der Waals surface area contributed by atoms with Crippen LogP contribution in [0.15, 0.2) is 42.1 Å². The van der Waals surface area contributed by atoms with Gasteiger partial charge in [-0.25, -0.2) is 4.79 Å². The predicted molar refractivity (Wildman–Crippen MR) is 71.9 cm³/mol. The number of amides is 1. The number of allylic oxidation sites excluding steroid dienone is 2. The maximum Gasteiger partial charge on any atom is 0.439 e. The Morgan fingerprint density at radius 3 is 2.41 bits per heavy atom. The Hall–Kier alpha value is -0.830. The topological polar surface area (TPSA) is 17.1 Å². The average molecular weight is 271 g/mol. The highest BCUT2D eigenvalue weighted by Gasteiger charge is 2.42. The molecule has 0 saturated carbocycles. The van der Waals surface area contributed by atoms with Crippen molar-refractivity contribution in [3.8, 4) is 0 Å². The number of quaternary nitrogens is 1. The summed E-state index contributed by atoms with van der Waals surface area (Å²) < 4.78 is -0.428. The van der Waals surface area contributed by atoms with E-state index in [9.17, 15) is 4.79 Å². The molecular weight excluding hydrogens is 257 g/mol. The summed E-state index contributed by atoms with van der Waals surface area (Å²) in [5.41, 5.74) is 1.58. The van der Waals surface area contributed by atoms with Gasteiger partial charge in [0.25, 0.3) is 0 Å². The van der Waals surface area contributed by atoms with Crippen LogP contribution in [0, 0.1) is 0 Å². The molecule has 1 unspecified atom stereocenters. The van der Waals surface area contributed by atoms with Crippen LogP contribution in [0.1, 0.15) is 25.7 Å². The molecule has 1 aliphatic carbocycles. The average Bonchev–Trinajstić information content (AvgIpc) is 2.39. The minimum atomic E-state index is -0.578. The van der Waals surface area contributed by atoms with Crippen molar-refractivity contribution in [1.82, 2.24) is 4.00 Å². The molecule has 0 heterocycles. The van der Waals surface area contributed by atoms with Gasteiger partial charge in [0.05, 0.1) is 0 Å². The van der Waals surface area contributed by atoms with Crippen molar-refractivity contribution in [2.45, 2.75) is 25.7 Å². The molecule has 90 valence electrons. The van der Waals surface area contributed by atoms with Gasteiger partial charge in [-0.15, -0.1) is 0 Å². The first kappa shape index (κ1) is 12.6. The van der Waals surface area contributed by atoms with Crippen molar-refractivity contribution in [1.29, 1.82) is 0 Å². The minimum absolute atomic E-state index is 0.428. The van der Waals surface area contributed by atoms with Gasteiger partial charge in [-0.3, -0.25) is 0 Å². The molecule has 2 nitrogen and oxygen atoms in total. The quantitative estimate of drug-likeness (QED) is 0.422. The van der Waals surface area contributed by atoms with Gasteiger partial charge >= 0.3 is 5.37 Å². The molecule has 0 aliphatic heterocycles. The summed E-state index contributed by atoms with van der Waals surface area (Å²) in [5, 5.41) is -0.578. The minimum Gasteiger partial charge on any atom is -0.210 e. The highest BCUT2D eigenvalue weighted by Crippen LogP contribution is 2.38. The number of benzene rings is 1. The summed E-state index contributed by atoms with van der Waals surface area (Å²) in [5.74, 6) is 0. The number of rotatable bonds is 2. The smallest absolute Gasteiger partial charge is 0.210 e. The lowest BCUT2D eigenvalue weighted by Crippen LogP contribution is -2.41. The maximum absolute atomic E-state index is 11.7. The SMILES string of the molecule is O=C(Cl)[N+](Cl)(C1=CCCCC1)c1ccccc1. The Balaban J connectivity index is 2.46. The van der Waals surface area contributed by atoms with Gasteiger partial charge in [0.2, 0.25) is 0 Å². The lowest BCUT2D eigenvalue weighted by Gasteiger charge is -2.27. The number of nitrogens with zero attached hydrogens (tertiary/aromatic N) is 1. The van der Waals surface area contributed by atoms with Crippen LogP contribution in [0.2, 0.25) is 0 Å². The van der Waals surface area contributed by atoms with Crippen molar-refractivity contribution in [2.75, 3.05) is 0 Å². The molecule has 0 aromatic heterocycles. The van der Waals surface area contributed by atoms with Gasteiger partial charge in [-0.1, -0.05) is 22.2 Å². The van der Waals surface area contributed by atoms with E-state index in [-0.39, 0.29) is 0 Å². The van der Waals surface area contributed by atoms with E-state index in [1.54, 1.807) is 0 Å². The third kappa shape index (κ3) is 2.39. The molecule has 1 atom stereocenters. The van der Waals surface area contributed by atoms with E-state index in [1.165, 1.54) is 0 Å². The highest BCUT2D eigenvalue weighted by atomic mass is 35.5. The van der Waals surface area contributed by atoms with Crippen LogP contribution in [-0.4, -0.2) is 5.37 Å². The Labute approximate surface area is 111 Å². The van der Waals surface area contributed by atoms with Gasteiger partial charge in [0.1, 0.15) is 5.70 Å². The first-order valence-corrected chi connectivity index (χ1v) is 6.41. The van der Waals surface area contributed by atoms with Crippen LogP contribution in [0.3, 0.4) is 0 Å². The second-order valence-electron chi connectivity index (χ2n) is 4.12. The molecule has 1 aromatic carbocycles. The van der Waals surface area contributed by atoms with Crippen LogP contribution < -0.4 is 4.00 Å². The largest absolute Gasteiger partial charge is 0.439 e. The van der Waals surface area contributed by atoms with Crippen LogP contribution in [0.25, 0.3) is 0 Å². The van der Waals surface area contributed by atoms with Crippen LogP contribution in [0.4, 0.5) is 10.5 Å². The van der Waals surface area contributed by atoms with E-state index >= 15 is 0 Å². The fraction of sp³-hybridized carbons (Fsp3) is 0.308. The van der Waals surface area contributed by atoms with E-state index in [0.29, 0.717) is 5.69 Å². The van der Waals surface area contributed by atoms with Gasteiger partial charge in [-0.05, 0) is 25.3 Å². The fourth-order valence-corrected chi connectivity index (χ4v) is 2.59. The molecule has 17 heavy (non-hydrogen) atoms. The Kier molecular flexibility index (Phi) is 3.87. The Morgan fingerprint density at radius 1 is 1.18 bits per heavy atom. The summed E-state index contributed by atoms with van der Waals surface area (Å²) in [6, 6.07) is 9.24. The predicted octanol–water partition coefficient (Wildman–Crippen LogP) is 4.96. The molecule has 4 heteroatoms. The number of hydrogen-bond acceptors (Lipinski definition) is 1. The van der Waals surface area contributed by atoms with E-state index in [0.717, 1.165) is 31.4 Å². The molecule has 0 N–H and O–H groups in total. The zero-order valence-electron chi connectivity index (χ0n) is 9.40. The molecule has 0 fully saturated rings. The highest BCUT2D eigenvalue weighted by molar-refractivity contribution is 6.69. The molecule has 2 rings (SSSR count). The van der Waals surface area contributed by atoms with E-state index in [2.05, 4.69) is 0 Å². The Morgan fingerprint density at radius 2 is 1.88 bits per heavy atom. The van der Waals surface area contributed by atoms with Crippen LogP contribution >= 0.6 is 23.4 Å². The van der Waals surface area contributed by atoms with Crippen molar-refractivity contribution < 1.29 is 4.79 Å². The van der Waals surface area contributed by atoms with Gasteiger partial charge in [-0.2, -0.15) is 0 Å². The molecule has 1 amide bonds. The van der Waals surface area contributed by atoms with Gasteiger partial charge in [0, 0.05) is 30.2 Å². The van der Waals surface area contributed by atoms with E-state index < -0.39 is 9.37 Å². The first-order valence-electron chi connectivity index (χ1n) is 5.69. The number of para-hydroxylation sites is 1. The number of carbonyl (C=O) groups excluding carboxylic acids is 1. The standard InChI is InChI=1S/C13H14Cl2NO/c14-13(17)16(15,11-7-3-1-4-8-11)12-9-5-2-6-10-12/h1,3-4,7-9H,2,5-6,10H2/q+1. The number of halogens is 2. The first-order chi connectivity index (χ1) is 8.15. The van der Waals surface area contributed by atoms with Crippen molar-refractivity contribution in [3.63, 3.8) is 0 Å². The summed E-state index contributed by atoms with van der Waals surface area (Å²) in [6.07, 6.45) is 6.00. The van der Waals surface area contributed by atoms with Crippen LogP contribution in [0.5, 0.6) is 0 Å². The lowest BCUT2D eigenvalue weighted by molar-refractivity contribution is 0.249. The van der Waals surface area contributed by atoms with Gasteiger partial charge in [0.15, 0.2) is 17.5 Å².